The second kappa shape index (κ2) is 5.29. The van der Waals surface area contributed by atoms with E-state index < -0.39 is 0 Å². The van der Waals surface area contributed by atoms with Crippen LogP contribution >= 0.6 is 23.6 Å². The Morgan fingerprint density at radius 2 is 2.22 bits per heavy atom. The van der Waals surface area contributed by atoms with Gasteiger partial charge in [-0.15, -0.1) is 11.3 Å². The molecule has 2 aromatic rings. The maximum absolute atomic E-state index is 5.15. The second-order valence-corrected chi connectivity index (χ2v) is 5.79. The molecule has 1 N–H and O–H groups in total. The molecule has 7 heteroatoms. The van der Waals surface area contributed by atoms with Crippen LogP contribution in [0.3, 0.4) is 0 Å². The second-order valence-electron chi connectivity index (χ2n) is 4.32. The summed E-state index contributed by atoms with van der Waals surface area (Å²) in [7, 11) is 3.58. The van der Waals surface area contributed by atoms with Gasteiger partial charge in [0, 0.05) is 14.2 Å². The van der Waals surface area contributed by atoms with E-state index in [2.05, 4.69) is 29.0 Å². The molecule has 0 aliphatic rings. The number of nitrogens with zero attached hydrogens (tertiary/aromatic N) is 3. The zero-order chi connectivity index (χ0) is 13.3. The largest absolute Gasteiger partial charge is 0.378 e. The van der Waals surface area contributed by atoms with Crippen LogP contribution in [0.5, 0.6) is 0 Å². The molecule has 2 heterocycles. The first-order chi connectivity index (χ1) is 8.54. The molecule has 0 unspecified atom stereocenters. The summed E-state index contributed by atoms with van der Waals surface area (Å²) >= 11 is 6.75. The van der Waals surface area contributed by atoms with Gasteiger partial charge in [-0.3, -0.25) is 5.10 Å². The maximum atomic E-state index is 5.15. The summed E-state index contributed by atoms with van der Waals surface area (Å²) in [5.74, 6) is 1.18. The zero-order valence-electron chi connectivity index (χ0n) is 10.9. The van der Waals surface area contributed by atoms with Gasteiger partial charge in [0.25, 0.3) is 0 Å². The Kier molecular flexibility index (Phi) is 3.94. The molecule has 5 nitrogen and oxygen atoms in total. The lowest BCUT2D eigenvalue weighted by molar-refractivity contribution is 0.184. The highest BCUT2D eigenvalue weighted by molar-refractivity contribution is 7.71. The Morgan fingerprint density at radius 3 is 2.72 bits per heavy atom. The van der Waals surface area contributed by atoms with Gasteiger partial charge in [-0.25, -0.2) is 4.98 Å². The Labute approximate surface area is 115 Å². The van der Waals surface area contributed by atoms with Gasteiger partial charge in [0.05, 0.1) is 17.2 Å². The number of H-pyrrole nitrogens is 1. The Balaban J connectivity index is 2.55. The Bertz CT molecular complexity index is 596. The number of hydrogen-bond acceptors (Lipinski definition) is 5. The van der Waals surface area contributed by atoms with E-state index in [1.54, 1.807) is 18.4 Å². The molecule has 0 saturated heterocycles. The van der Waals surface area contributed by atoms with Crippen molar-refractivity contribution >= 4 is 23.6 Å². The number of hydrogen-bond donors (Lipinski definition) is 1. The molecular weight excluding hydrogens is 268 g/mol. The lowest BCUT2D eigenvalue weighted by Crippen LogP contribution is -1.96. The predicted octanol–water partition coefficient (Wildman–Crippen LogP) is 2.87. The molecule has 0 aromatic carbocycles. The monoisotopic (exact) mass is 284 g/mol. The number of methoxy groups -OCH3 is 1. The average molecular weight is 284 g/mol. The third kappa shape index (κ3) is 2.38. The molecule has 0 fully saturated rings. The first kappa shape index (κ1) is 13.4. The molecule has 0 saturated carbocycles. The van der Waals surface area contributed by atoms with E-state index >= 15 is 0 Å². The van der Waals surface area contributed by atoms with Gasteiger partial charge in [0.2, 0.25) is 0 Å². The van der Waals surface area contributed by atoms with Crippen molar-refractivity contribution < 1.29 is 4.74 Å². The van der Waals surface area contributed by atoms with E-state index in [9.17, 15) is 0 Å². The van der Waals surface area contributed by atoms with Crippen molar-refractivity contribution in [2.45, 2.75) is 26.4 Å². The van der Waals surface area contributed by atoms with Gasteiger partial charge in [-0.2, -0.15) is 5.10 Å². The molecule has 0 aliphatic carbocycles. The van der Waals surface area contributed by atoms with E-state index in [1.165, 1.54) is 0 Å². The minimum Gasteiger partial charge on any atom is -0.378 e. The number of aromatic nitrogens is 4. The van der Waals surface area contributed by atoms with Crippen molar-refractivity contribution in [2.24, 2.45) is 7.05 Å². The lowest BCUT2D eigenvalue weighted by Gasteiger charge is -2.04. The minimum absolute atomic E-state index is 0.340. The van der Waals surface area contributed by atoms with Gasteiger partial charge in [0.1, 0.15) is 5.01 Å². The number of aromatic amines is 1. The van der Waals surface area contributed by atoms with Crippen LogP contribution in [0.15, 0.2) is 0 Å². The molecule has 0 bridgehead atoms. The topological polar surface area (TPSA) is 55.7 Å². The number of nitrogens with one attached hydrogen (secondary N) is 1. The van der Waals surface area contributed by atoms with E-state index in [0.29, 0.717) is 17.3 Å². The fourth-order valence-corrected chi connectivity index (χ4v) is 3.01. The molecule has 18 heavy (non-hydrogen) atoms. The summed E-state index contributed by atoms with van der Waals surface area (Å²) in [5.41, 5.74) is 1.05. The smallest absolute Gasteiger partial charge is 0.195 e. The number of thiazole rings is 1. The van der Waals surface area contributed by atoms with Crippen molar-refractivity contribution in [3.8, 4) is 10.7 Å². The van der Waals surface area contributed by atoms with Gasteiger partial charge in [-0.05, 0) is 18.1 Å². The van der Waals surface area contributed by atoms with Crippen LogP contribution < -0.4 is 0 Å². The van der Waals surface area contributed by atoms with Crippen LogP contribution in [0.25, 0.3) is 10.7 Å². The number of rotatable bonds is 4. The quantitative estimate of drug-likeness (QED) is 0.877. The normalized spacial score (nSPS) is 11.4. The van der Waals surface area contributed by atoms with Crippen LogP contribution in [-0.4, -0.2) is 26.9 Å². The molecule has 0 aliphatic heterocycles. The third-order valence-corrected chi connectivity index (χ3v) is 4.00. The van der Waals surface area contributed by atoms with Crippen LogP contribution in [-0.2, 0) is 18.4 Å². The molecule has 2 rings (SSSR count). The molecule has 0 radical (unpaired) electrons. The SMILES string of the molecule is COCc1nc(C(C)C)c(-c2n[nH]c(=S)n2C)s1. The van der Waals surface area contributed by atoms with E-state index in [0.717, 1.165) is 21.4 Å². The van der Waals surface area contributed by atoms with Gasteiger partial charge < -0.3 is 9.30 Å². The van der Waals surface area contributed by atoms with Crippen molar-refractivity contribution in [1.29, 1.82) is 0 Å². The lowest BCUT2D eigenvalue weighted by atomic mass is 10.1. The molecule has 0 spiro atoms. The highest BCUT2D eigenvalue weighted by Crippen LogP contribution is 2.33. The average Bonchev–Trinajstić information content (AvgIpc) is 2.85. The van der Waals surface area contributed by atoms with Crippen molar-refractivity contribution in [3.63, 3.8) is 0 Å². The molecule has 0 atom stereocenters. The van der Waals surface area contributed by atoms with Crippen LogP contribution in [0.2, 0.25) is 0 Å². The molecular formula is C11H16N4OS2. The summed E-state index contributed by atoms with van der Waals surface area (Å²) in [5, 5.41) is 8.05. The highest BCUT2D eigenvalue weighted by Gasteiger charge is 2.19. The number of ether oxygens (including phenoxy) is 1. The molecule has 2 aromatic heterocycles. The highest BCUT2D eigenvalue weighted by atomic mass is 32.1. The Hall–Kier alpha value is -1.05. The van der Waals surface area contributed by atoms with Gasteiger partial charge >= 0.3 is 0 Å². The summed E-state index contributed by atoms with van der Waals surface area (Å²) in [4.78, 5) is 5.68. The van der Waals surface area contributed by atoms with Crippen LogP contribution in [0.4, 0.5) is 0 Å². The Morgan fingerprint density at radius 1 is 1.50 bits per heavy atom. The summed E-state index contributed by atoms with van der Waals surface area (Å²) in [6, 6.07) is 0. The van der Waals surface area contributed by atoms with Crippen molar-refractivity contribution in [1.82, 2.24) is 19.7 Å². The van der Waals surface area contributed by atoms with E-state index in [1.807, 2.05) is 11.6 Å². The maximum Gasteiger partial charge on any atom is 0.195 e. The predicted molar refractivity (Wildman–Crippen MR) is 74.3 cm³/mol. The molecule has 0 amide bonds. The van der Waals surface area contributed by atoms with Crippen LogP contribution in [0, 0.1) is 4.77 Å². The third-order valence-electron chi connectivity index (χ3n) is 2.60. The standard InChI is InChI=1S/C11H16N4OS2/c1-6(2)8-9(18-7(12-8)5-16-4)10-13-14-11(17)15(10)3/h6H,5H2,1-4H3,(H,14,17). The first-order valence-electron chi connectivity index (χ1n) is 5.65. The minimum atomic E-state index is 0.340. The summed E-state index contributed by atoms with van der Waals surface area (Å²) < 4.78 is 7.62. The zero-order valence-corrected chi connectivity index (χ0v) is 12.5. The first-order valence-corrected chi connectivity index (χ1v) is 6.87. The van der Waals surface area contributed by atoms with E-state index in [4.69, 9.17) is 17.0 Å². The van der Waals surface area contributed by atoms with Gasteiger partial charge in [-0.1, -0.05) is 13.8 Å². The van der Waals surface area contributed by atoms with Gasteiger partial charge in [0.15, 0.2) is 10.6 Å². The summed E-state index contributed by atoms with van der Waals surface area (Å²) in [6.07, 6.45) is 0. The fourth-order valence-electron chi connectivity index (χ4n) is 1.66. The summed E-state index contributed by atoms with van der Waals surface area (Å²) in [6.45, 7) is 4.77. The molecule has 98 valence electrons. The van der Waals surface area contributed by atoms with Crippen LogP contribution in [0.1, 0.15) is 30.5 Å². The van der Waals surface area contributed by atoms with E-state index in [-0.39, 0.29) is 0 Å². The van der Waals surface area contributed by atoms with Crippen molar-refractivity contribution in [2.75, 3.05) is 7.11 Å². The van der Waals surface area contributed by atoms with Crippen molar-refractivity contribution in [3.05, 3.63) is 15.5 Å². The fraction of sp³-hybridized carbons (Fsp3) is 0.545.